The van der Waals surface area contributed by atoms with Gasteiger partial charge in [-0.3, -0.25) is 0 Å². The number of hydrogen-bond donors (Lipinski definition) is 3. The number of aromatic hydroxyl groups is 1. The van der Waals surface area contributed by atoms with E-state index in [2.05, 4.69) is 16.9 Å². The summed E-state index contributed by atoms with van der Waals surface area (Å²) in [6.45, 7) is 3.57. The van der Waals surface area contributed by atoms with Crippen molar-refractivity contribution in [1.82, 2.24) is 0 Å². The Morgan fingerprint density at radius 1 is 1.12 bits per heavy atom. The second-order valence-electron chi connectivity index (χ2n) is 3.14. The summed E-state index contributed by atoms with van der Waals surface area (Å²) in [6, 6.07) is 6.44. The number of phenols is 1. The fourth-order valence-electron chi connectivity index (χ4n) is 1.42. The highest BCUT2D eigenvalue weighted by Gasteiger charge is 2.28. The van der Waals surface area contributed by atoms with E-state index in [9.17, 15) is 5.11 Å². The van der Waals surface area contributed by atoms with Crippen LogP contribution in [0.2, 0.25) is 0 Å². The minimum atomic E-state index is -1.14. The molecule has 16 heavy (non-hydrogen) atoms. The molecular weight excluding hydrogens is 208 g/mol. The number of allylic oxidation sites excluding steroid dienone is 1. The first kappa shape index (κ1) is 11.8. The molecule has 1 rings (SSSR count). The van der Waals surface area contributed by atoms with Crippen molar-refractivity contribution in [3.63, 3.8) is 0 Å². The molecule has 1 aromatic carbocycles. The highest BCUT2D eigenvalue weighted by Crippen LogP contribution is 2.29. The van der Waals surface area contributed by atoms with Crippen molar-refractivity contribution in [1.29, 1.82) is 0 Å². The van der Waals surface area contributed by atoms with Gasteiger partial charge in [0.2, 0.25) is 0 Å². The molecule has 0 bridgehead atoms. The summed E-state index contributed by atoms with van der Waals surface area (Å²) >= 11 is 0. The van der Waals surface area contributed by atoms with Gasteiger partial charge in [0.05, 0.1) is 17.8 Å². The Morgan fingerprint density at radius 3 is 2.12 bits per heavy atom. The molecule has 0 unspecified atom stereocenters. The van der Waals surface area contributed by atoms with Crippen LogP contribution >= 0.6 is 0 Å². The molecule has 84 valence electrons. The monoisotopic (exact) mass is 220 g/mol. The predicted molar refractivity (Wildman–Crippen MR) is 60.5 cm³/mol. The lowest BCUT2D eigenvalue weighted by Gasteiger charge is -2.21. The van der Waals surface area contributed by atoms with Crippen LogP contribution < -0.4 is 0 Å². The maximum atomic E-state index is 9.70. The molecule has 0 aliphatic heterocycles. The van der Waals surface area contributed by atoms with E-state index in [4.69, 9.17) is 10.4 Å². The van der Waals surface area contributed by atoms with Crippen molar-refractivity contribution in [2.75, 3.05) is 0 Å². The summed E-state index contributed by atoms with van der Waals surface area (Å²) in [5, 5.41) is 32.7. The maximum Gasteiger partial charge on any atom is 0.120 e. The zero-order valence-electron chi connectivity index (χ0n) is 8.48. The van der Waals surface area contributed by atoms with Gasteiger partial charge in [0, 0.05) is 5.56 Å². The molecule has 0 fully saturated rings. The van der Waals surface area contributed by atoms with E-state index in [-0.39, 0.29) is 5.75 Å². The Hall–Kier alpha value is -2.30. The van der Waals surface area contributed by atoms with Crippen LogP contribution in [0.4, 0.5) is 0 Å². The maximum absolute atomic E-state index is 9.70. The zero-order valence-corrected chi connectivity index (χ0v) is 8.48. The molecule has 0 heterocycles. The van der Waals surface area contributed by atoms with E-state index in [0.29, 0.717) is 5.56 Å². The molecule has 0 aliphatic rings. The SMILES string of the molecule is C=CC(C=NO)(C=NO)c1ccccc1O. The zero-order chi connectivity index (χ0) is 12.0. The number of nitrogens with zero attached hydrogens (tertiary/aromatic N) is 2. The van der Waals surface area contributed by atoms with Crippen LogP contribution in [0.5, 0.6) is 5.75 Å². The second-order valence-corrected chi connectivity index (χ2v) is 3.14. The number of phenolic OH excluding ortho intramolecular Hbond substituents is 1. The molecule has 0 aromatic heterocycles. The molecule has 0 saturated carbocycles. The summed E-state index contributed by atoms with van der Waals surface area (Å²) in [5.74, 6) is -0.0119. The highest BCUT2D eigenvalue weighted by molar-refractivity contribution is 5.99. The van der Waals surface area contributed by atoms with Crippen LogP contribution in [-0.2, 0) is 5.41 Å². The van der Waals surface area contributed by atoms with Gasteiger partial charge < -0.3 is 15.5 Å². The summed E-state index contributed by atoms with van der Waals surface area (Å²) in [5.41, 5.74) is -0.741. The Morgan fingerprint density at radius 2 is 1.69 bits per heavy atom. The lowest BCUT2D eigenvalue weighted by atomic mass is 9.82. The number of hydrogen-bond acceptors (Lipinski definition) is 5. The van der Waals surface area contributed by atoms with Gasteiger partial charge in [-0.1, -0.05) is 24.3 Å². The molecule has 5 nitrogen and oxygen atoms in total. The largest absolute Gasteiger partial charge is 0.508 e. The van der Waals surface area contributed by atoms with Gasteiger partial charge in [-0.05, 0) is 6.07 Å². The lowest BCUT2D eigenvalue weighted by Crippen LogP contribution is -2.27. The van der Waals surface area contributed by atoms with E-state index >= 15 is 0 Å². The molecule has 0 aliphatic carbocycles. The van der Waals surface area contributed by atoms with Crippen molar-refractivity contribution < 1.29 is 15.5 Å². The first-order valence-electron chi connectivity index (χ1n) is 4.49. The minimum absolute atomic E-state index is 0.0119. The average molecular weight is 220 g/mol. The molecule has 0 spiro atoms. The van der Waals surface area contributed by atoms with Gasteiger partial charge in [0.15, 0.2) is 0 Å². The normalized spacial score (nSPS) is 15.2. The van der Waals surface area contributed by atoms with Crippen molar-refractivity contribution in [2.24, 2.45) is 10.3 Å². The van der Waals surface area contributed by atoms with Gasteiger partial charge in [0.1, 0.15) is 5.75 Å². The van der Waals surface area contributed by atoms with Crippen LogP contribution in [0.25, 0.3) is 0 Å². The standard InChI is InChI=1S/C11H12N2O3/c1-2-11(7-12-15,8-13-16)9-5-3-4-6-10(9)14/h2-8,14-16H,1H2. The third-order valence-electron chi connectivity index (χ3n) is 2.25. The molecule has 0 atom stereocenters. The fraction of sp³-hybridized carbons (Fsp3) is 0.0909. The van der Waals surface area contributed by atoms with E-state index in [1.165, 1.54) is 12.1 Å². The third kappa shape index (κ3) is 2.03. The summed E-state index contributed by atoms with van der Waals surface area (Å²) in [7, 11) is 0. The number of benzene rings is 1. The van der Waals surface area contributed by atoms with E-state index in [1.807, 2.05) is 0 Å². The number of para-hydroxylation sites is 1. The molecule has 1 aromatic rings. The smallest absolute Gasteiger partial charge is 0.120 e. The number of rotatable bonds is 4. The second kappa shape index (κ2) is 4.97. The van der Waals surface area contributed by atoms with Crippen LogP contribution in [-0.4, -0.2) is 28.0 Å². The Balaban J connectivity index is 3.41. The van der Waals surface area contributed by atoms with Crippen LogP contribution in [0.15, 0.2) is 47.2 Å². The fourth-order valence-corrected chi connectivity index (χ4v) is 1.42. The van der Waals surface area contributed by atoms with Crippen LogP contribution in [0.3, 0.4) is 0 Å². The minimum Gasteiger partial charge on any atom is -0.508 e. The van der Waals surface area contributed by atoms with E-state index in [0.717, 1.165) is 12.4 Å². The van der Waals surface area contributed by atoms with Gasteiger partial charge in [-0.25, -0.2) is 0 Å². The average Bonchev–Trinajstić information content (AvgIpc) is 2.29. The summed E-state index contributed by atoms with van der Waals surface area (Å²) < 4.78 is 0. The van der Waals surface area contributed by atoms with E-state index < -0.39 is 5.41 Å². The van der Waals surface area contributed by atoms with Crippen LogP contribution in [0.1, 0.15) is 5.56 Å². The van der Waals surface area contributed by atoms with Crippen molar-refractivity contribution >= 4 is 12.4 Å². The molecule has 5 heteroatoms. The topological polar surface area (TPSA) is 85.4 Å². The van der Waals surface area contributed by atoms with Crippen molar-refractivity contribution in [3.8, 4) is 5.75 Å². The molecule has 0 saturated heterocycles. The summed E-state index contributed by atoms with van der Waals surface area (Å²) in [6.07, 6.45) is 3.60. The molecular formula is C11H12N2O3. The third-order valence-corrected chi connectivity index (χ3v) is 2.25. The Labute approximate surface area is 92.6 Å². The quantitative estimate of drug-likeness (QED) is 0.312. The number of oxime groups is 2. The lowest BCUT2D eigenvalue weighted by molar-refractivity contribution is 0.315. The molecule has 0 radical (unpaired) electrons. The van der Waals surface area contributed by atoms with Gasteiger partial charge in [-0.2, -0.15) is 0 Å². The summed E-state index contributed by atoms with van der Waals surface area (Å²) in [4.78, 5) is 0. The van der Waals surface area contributed by atoms with Crippen molar-refractivity contribution in [2.45, 2.75) is 5.41 Å². The Kier molecular flexibility index (Phi) is 3.66. The van der Waals surface area contributed by atoms with Gasteiger partial charge >= 0.3 is 0 Å². The molecule has 0 amide bonds. The Bertz CT molecular complexity index is 415. The first-order chi connectivity index (χ1) is 7.70. The van der Waals surface area contributed by atoms with Crippen molar-refractivity contribution in [3.05, 3.63) is 42.5 Å². The highest BCUT2D eigenvalue weighted by atomic mass is 16.4. The van der Waals surface area contributed by atoms with Crippen LogP contribution in [0, 0.1) is 0 Å². The van der Waals surface area contributed by atoms with Gasteiger partial charge in [-0.15, -0.1) is 16.9 Å². The molecule has 3 N–H and O–H groups in total. The predicted octanol–water partition coefficient (Wildman–Crippen LogP) is 1.74. The first-order valence-corrected chi connectivity index (χ1v) is 4.49. The van der Waals surface area contributed by atoms with E-state index in [1.54, 1.807) is 18.2 Å². The van der Waals surface area contributed by atoms with Gasteiger partial charge in [0.25, 0.3) is 0 Å².